The standard InChI is InChI=1S/C22H32O4/c1-13-12-22-11-8-16-20(3,9-5-10-21(16,4)19(24)25)17(22)7-6-15(13)18(22)26-14(2)23/h15-18H,1,5-12H2,2-4H3,(H,24,25)/t15-,16-,17+,18-,20+,21-,22-/m0/s1. The lowest BCUT2D eigenvalue weighted by Gasteiger charge is -2.64. The molecule has 4 rings (SSSR count). The van der Waals surface area contributed by atoms with Crippen LogP contribution in [-0.2, 0) is 14.3 Å². The number of carboxylic acid groups (broad SMARTS) is 1. The van der Waals surface area contributed by atoms with Crippen LogP contribution in [0.2, 0.25) is 0 Å². The first-order valence-corrected chi connectivity index (χ1v) is 10.2. The van der Waals surface area contributed by atoms with Crippen molar-refractivity contribution in [3.63, 3.8) is 0 Å². The average Bonchev–Trinajstić information content (AvgIpc) is 2.70. The third-order valence-electron chi connectivity index (χ3n) is 8.93. The van der Waals surface area contributed by atoms with Crippen molar-refractivity contribution in [3.8, 4) is 0 Å². The van der Waals surface area contributed by atoms with E-state index in [9.17, 15) is 14.7 Å². The Morgan fingerprint density at radius 3 is 2.50 bits per heavy atom. The van der Waals surface area contributed by atoms with E-state index in [1.165, 1.54) is 12.5 Å². The van der Waals surface area contributed by atoms with Gasteiger partial charge in [0.15, 0.2) is 0 Å². The van der Waals surface area contributed by atoms with E-state index in [2.05, 4.69) is 13.5 Å². The van der Waals surface area contributed by atoms with Crippen LogP contribution in [0.5, 0.6) is 0 Å². The molecule has 0 aromatic rings. The van der Waals surface area contributed by atoms with Gasteiger partial charge in [0.25, 0.3) is 0 Å². The van der Waals surface area contributed by atoms with E-state index in [1.807, 2.05) is 6.92 Å². The molecule has 0 aromatic carbocycles. The third-order valence-corrected chi connectivity index (χ3v) is 8.93. The summed E-state index contributed by atoms with van der Waals surface area (Å²) in [5.74, 6) is 0.101. The van der Waals surface area contributed by atoms with E-state index in [4.69, 9.17) is 4.74 Å². The molecule has 2 bridgehead atoms. The molecule has 4 aliphatic rings. The van der Waals surface area contributed by atoms with E-state index in [0.717, 1.165) is 51.4 Å². The minimum atomic E-state index is -0.634. The second-order valence-electron chi connectivity index (χ2n) is 10.0. The highest BCUT2D eigenvalue weighted by molar-refractivity contribution is 5.75. The molecule has 4 saturated carbocycles. The number of hydrogen-bond acceptors (Lipinski definition) is 3. The lowest BCUT2D eigenvalue weighted by atomic mass is 9.40. The van der Waals surface area contributed by atoms with Gasteiger partial charge in [0.2, 0.25) is 0 Å². The van der Waals surface area contributed by atoms with Gasteiger partial charge in [0.1, 0.15) is 6.10 Å². The zero-order chi connectivity index (χ0) is 18.9. The maximum absolute atomic E-state index is 12.2. The fourth-order valence-corrected chi connectivity index (χ4v) is 8.00. The number of carboxylic acids is 1. The minimum Gasteiger partial charge on any atom is -0.481 e. The monoisotopic (exact) mass is 360 g/mol. The molecule has 0 unspecified atom stereocenters. The highest BCUT2D eigenvalue weighted by Gasteiger charge is 2.69. The Morgan fingerprint density at radius 1 is 1.12 bits per heavy atom. The summed E-state index contributed by atoms with van der Waals surface area (Å²) >= 11 is 0. The molecule has 0 amide bonds. The molecule has 1 spiro atoms. The quantitative estimate of drug-likeness (QED) is 0.578. The fourth-order valence-electron chi connectivity index (χ4n) is 8.00. The summed E-state index contributed by atoms with van der Waals surface area (Å²) in [6, 6.07) is 0. The molecule has 0 aromatic heterocycles. The number of carbonyl (C=O) groups excluding carboxylic acids is 1. The molecular weight excluding hydrogens is 328 g/mol. The largest absolute Gasteiger partial charge is 0.481 e. The Balaban J connectivity index is 1.77. The normalized spacial score (nSPS) is 49.9. The van der Waals surface area contributed by atoms with Gasteiger partial charge in [-0.2, -0.15) is 0 Å². The van der Waals surface area contributed by atoms with Crippen molar-refractivity contribution in [1.29, 1.82) is 0 Å². The lowest BCUT2D eigenvalue weighted by molar-refractivity contribution is -0.206. The molecule has 4 fully saturated rings. The number of aliphatic carboxylic acids is 1. The third kappa shape index (κ3) is 2.13. The van der Waals surface area contributed by atoms with E-state index >= 15 is 0 Å². The van der Waals surface area contributed by atoms with Crippen molar-refractivity contribution in [2.45, 2.75) is 78.2 Å². The first-order valence-electron chi connectivity index (χ1n) is 10.2. The average molecular weight is 360 g/mol. The van der Waals surface area contributed by atoms with Crippen molar-refractivity contribution < 1.29 is 19.4 Å². The molecule has 144 valence electrons. The molecule has 0 aliphatic heterocycles. The van der Waals surface area contributed by atoms with E-state index in [-0.39, 0.29) is 28.8 Å². The molecule has 0 heterocycles. The van der Waals surface area contributed by atoms with Crippen LogP contribution >= 0.6 is 0 Å². The summed E-state index contributed by atoms with van der Waals surface area (Å²) in [5.41, 5.74) is 0.612. The van der Waals surface area contributed by atoms with E-state index < -0.39 is 11.4 Å². The number of hydrogen-bond donors (Lipinski definition) is 1. The Bertz CT molecular complexity index is 669. The summed E-state index contributed by atoms with van der Waals surface area (Å²) in [6.45, 7) is 10.2. The van der Waals surface area contributed by atoms with Gasteiger partial charge in [-0.1, -0.05) is 25.5 Å². The van der Waals surface area contributed by atoms with Crippen LogP contribution in [0.4, 0.5) is 0 Å². The summed E-state index contributed by atoms with van der Waals surface area (Å²) in [4.78, 5) is 24.0. The van der Waals surface area contributed by atoms with Crippen molar-refractivity contribution >= 4 is 11.9 Å². The number of esters is 1. The first-order chi connectivity index (χ1) is 12.1. The van der Waals surface area contributed by atoms with Crippen LogP contribution in [0, 0.1) is 34.0 Å². The van der Waals surface area contributed by atoms with Gasteiger partial charge in [0.05, 0.1) is 5.41 Å². The number of rotatable bonds is 2. The van der Waals surface area contributed by atoms with Gasteiger partial charge in [-0.15, -0.1) is 0 Å². The zero-order valence-corrected chi connectivity index (χ0v) is 16.3. The SMILES string of the molecule is C=C1C[C@@]23CC[C@H]4[C@@](C)(CCC[C@]4(C)C(=O)O)[C@H]2CC[C@@H]1[C@@H]3OC(C)=O. The predicted octanol–water partition coefficient (Wildman–Crippen LogP) is 4.58. The van der Waals surface area contributed by atoms with Crippen molar-refractivity contribution in [2.24, 2.45) is 34.0 Å². The predicted molar refractivity (Wildman–Crippen MR) is 98.4 cm³/mol. The second kappa shape index (κ2) is 5.59. The molecule has 4 aliphatic carbocycles. The summed E-state index contributed by atoms with van der Waals surface area (Å²) in [6.07, 6.45) is 7.78. The van der Waals surface area contributed by atoms with Crippen LogP contribution in [0.15, 0.2) is 12.2 Å². The highest BCUT2D eigenvalue weighted by atomic mass is 16.5. The molecular formula is C22H32O4. The summed E-state index contributed by atoms with van der Waals surface area (Å²) in [5, 5.41) is 10.0. The van der Waals surface area contributed by atoms with Crippen LogP contribution < -0.4 is 0 Å². The molecule has 0 saturated heterocycles. The van der Waals surface area contributed by atoms with Gasteiger partial charge >= 0.3 is 11.9 Å². The van der Waals surface area contributed by atoms with Crippen LogP contribution in [-0.4, -0.2) is 23.1 Å². The fraction of sp³-hybridized carbons (Fsp3) is 0.818. The topological polar surface area (TPSA) is 63.6 Å². The number of carbonyl (C=O) groups is 2. The zero-order valence-electron chi connectivity index (χ0n) is 16.3. The number of fused-ring (bicyclic) bond motifs is 3. The van der Waals surface area contributed by atoms with E-state index in [1.54, 1.807) is 0 Å². The lowest BCUT2D eigenvalue weighted by Crippen LogP contribution is -2.61. The summed E-state index contributed by atoms with van der Waals surface area (Å²) in [7, 11) is 0. The molecule has 7 atom stereocenters. The molecule has 26 heavy (non-hydrogen) atoms. The second-order valence-corrected chi connectivity index (χ2v) is 10.0. The van der Waals surface area contributed by atoms with Gasteiger partial charge in [-0.3, -0.25) is 9.59 Å². The van der Waals surface area contributed by atoms with Gasteiger partial charge in [-0.05, 0) is 69.1 Å². The Morgan fingerprint density at radius 2 is 1.85 bits per heavy atom. The first kappa shape index (κ1) is 18.1. The van der Waals surface area contributed by atoms with Crippen LogP contribution in [0.3, 0.4) is 0 Å². The molecule has 4 heteroatoms. The van der Waals surface area contributed by atoms with Gasteiger partial charge < -0.3 is 9.84 Å². The molecule has 0 radical (unpaired) electrons. The van der Waals surface area contributed by atoms with Crippen molar-refractivity contribution in [1.82, 2.24) is 0 Å². The maximum atomic E-state index is 12.2. The Labute approximate surface area is 156 Å². The van der Waals surface area contributed by atoms with Gasteiger partial charge in [0, 0.05) is 18.3 Å². The van der Waals surface area contributed by atoms with E-state index in [0.29, 0.717) is 11.8 Å². The van der Waals surface area contributed by atoms with Crippen LogP contribution in [0.25, 0.3) is 0 Å². The Hall–Kier alpha value is -1.32. The Kier molecular flexibility index (Phi) is 3.88. The highest BCUT2D eigenvalue weighted by Crippen LogP contribution is 2.72. The number of ether oxygens (including phenoxy) is 1. The molecule has 4 nitrogen and oxygen atoms in total. The van der Waals surface area contributed by atoms with Gasteiger partial charge in [-0.25, -0.2) is 0 Å². The van der Waals surface area contributed by atoms with Crippen molar-refractivity contribution in [2.75, 3.05) is 0 Å². The minimum absolute atomic E-state index is 0.0115. The molecule has 1 N–H and O–H groups in total. The summed E-state index contributed by atoms with van der Waals surface area (Å²) < 4.78 is 5.92. The van der Waals surface area contributed by atoms with Crippen LogP contribution in [0.1, 0.15) is 72.1 Å². The van der Waals surface area contributed by atoms with Crippen molar-refractivity contribution in [3.05, 3.63) is 12.2 Å². The smallest absolute Gasteiger partial charge is 0.309 e. The maximum Gasteiger partial charge on any atom is 0.309 e.